The third-order valence-corrected chi connectivity index (χ3v) is 4.37. The van der Waals surface area contributed by atoms with Gasteiger partial charge in [-0.1, -0.05) is 40.0 Å². The van der Waals surface area contributed by atoms with Crippen LogP contribution in [-0.4, -0.2) is 29.7 Å². The van der Waals surface area contributed by atoms with E-state index in [-0.39, 0.29) is 12.1 Å². The molecule has 0 radical (unpaired) electrons. The van der Waals surface area contributed by atoms with Crippen LogP contribution in [0.5, 0.6) is 0 Å². The molecule has 1 rings (SSSR count). The summed E-state index contributed by atoms with van der Waals surface area (Å²) >= 11 is 0. The molecule has 3 unspecified atom stereocenters. The van der Waals surface area contributed by atoms with Crippen LogP contribution in [0, 0.1) is 17.8 Å². The molecular weight excluding hydrogens is 256 g/mol. The standard InChI is InChI=1S/C15H28N2O3/c1-10(2)11(3)9-16-15(20)17-13-8-6-4-5-7-12(13)14(18)19/h10-13H,4-9H2,1-3H3,(H,18,19)(H2,16,17,20). The molecule has 3 N–H and O–H groups in total. The van der Waals surface area contributed by atoms with Gasteiger partial charge in [-0.3, -0.25) is 4.79 Å². The molecule has 0 aliphatic heterocycles. The van der Waals surface area contributed by atoms with Crippen LogP contribution >= 0.6 is 0 Å². The zero-order chi connectivity index (χ0) is 15.1. The smallest absolute Gasteiger partial charge is 0.315 e. The molecule has 1 aliphatic carbocycles. The highest BCUT2D eigenvalue weighted by molar-refractivity contribution is 5.76. The quantitative estimate of drug-likeness (QED) is 0.679. The van der Waals surface area contributed by atoms with Gasteiger partial charge in [-0.25, -0.2) is 4.79 Å². The van der Waals surface area contributed by atoms with Gasteiger partial charge < -0.3 is 15.7 Å². The SMILES string of the molecule is CC(C)C(C)CNC(=O)NC1CCCCCC1C(=O)O. The summed E-state index contributed by atoms with van der Waals surface area (Å²) in [5.41, 5.74) is 0. The first-order chi connectivity index (χ1) is 9.41. The Balaban J connectivity index is 2.47. The number of carboxylic acids is 1. The molecule has 0 aromatic carbocycles. The van der Waals surface area contributed by atoms with Gasteiger partial charge in [0.05, 0.1) is 5.92 Å². The summed E-state index contributed by atoms with van der Waals surface area (Å²) in [5, 5.41) is 15.0. The fourth-order valence-corrected chi connectivity index (χ4v) is 2.48. The largest absolute Gasteiger partial charge is 0.481 e. The number of urea groups is 1. The molecule has 0 bridgehead atoms. The minimum absolute atomic E-state index is 0.240. The second kappa shape index (κ2) is 8.12. The van der Waals surface area contributed by atoms with Crippen molar-refractivity contribution in [2.24, 2.45) is 17.8 Å². The van der Waals surface area contributed by atoms with E-state index in [1.54, 1.807) is 0 Å². The molecule has 0 heterocycles. The van der Waals surface area contributed by atoms with Gasteiger partial charge in [-0.2, -0.15) is 0 Å². The number of rotatable bonds is 5. The van der Waals surface area contributed by atoms with Crippen molar-refractivity contribution in [3.8, 4) is 0 Å². The Bertz CT molecular complexity index is 331. The number of carbonyl (C=O) groups excluding carboxylic acids is 1. The zero-order valence-corrected chi connectivity index (χ0v) is 12.8. The molecule has 1 fully saturated rings. The van der Waals surface area contributed by atoms with E-state index in [2.05, 4.69) is 31.4 Å². The van der Waals surface area contributed by atoms with E-state index in [9.17, 15) is 14.7 Å². The minimum atomic E-state index is -0.798. The Morgan fingerprint density at radius 1 is 1.15 bits per heavy atom. The molecule has 1 saturated carbocycles. The van der Waals surface area contributed by atoms with E-state index in [4.69, 9.17) is 0 Å². The van der Waals surface area contributed by atoms with Crippen LogP contribution < -0.4 is 10.6 Å². The van der Waals surface area contributed by atoms with Crippen molar-refractivity contribution in [1.29, 1.82) is 0 Å². The van der Waals surface area contributed by atoms with Gasteiger partial charge in [-0.05, 0) is 24.7 Å². The van der Waals surface area contributed by atoms with E-state index in [0.717, 1.165) is 25.7 Å². The van der Waals surface area contributed by atoms with Gasteiger partial charge in [0.15, 0.2) is 0 Å². The second-order valence-electron chi connectivity index (χ2n) is 6.26. The van der Waals surface area contributed by atoms with Crippen molar-refractivity contribution in [3.63, 3.8) is 0 Å². The van der Waals surface area contributed by atoms with Crippen molar-refractivity contribution in [3.05, 3.63) is 0 Å². The average molecular weight is 284 g/mol. The highest BCUT2D eigenvalue weighted by atomic mass is 16.4. The first kappa shape index (κ1) is 16.8. The third-order valence-electron chi connectivity index (χ3n) is 4.37. The lowest BCUT2D eigenvalue weighted by molar-refractivity contribution is -0.142. The molecule has 20 heavy (non-hydrogen) atoms. The molecule has 5 heteroatoms. The van der Waals surface area contributed by atoms with Gasteiger partial charge >= 0.3 is 12.0 Å². The average Bonchev–Trinajstić information content (AvgIpc) is 2.61. The van der Waals surface area contributed by atoms with E-state index in [1.807, 2.05) is 0 Å². The minimum Gasteiger partial charge on any atom is -0.481 e. The maximum absolute atomic E-state index is 11.9. The van der Waals surface area contributed by atoms with Gasteiger partial charge in [0.1, 0.15) is 0 Å². The number of amides is 2. The fraction of sp³-hybridized carbons (Fsp3) is 0.867. The normalized spacial score (nSPS) is 24.8. The zero-order valence-electron chi connectivity index (χ0n) is 12.8. The molecular formula is C15H28N2O3. The van der Waals surface area contributed by atoms with Gasteiger partial charge in [-0.15, -0.1) is 0 Å². The van der Waals surface area contributed by atoms with Crippen LogP contribution in [0.25, 0.3) is 0 Å². The lowest BCUT2D eigenvalue weighted by Gasteiger charge is -2.24. The molecule has 5 nitrogen and oxygen atoms in total. The molecule has 0 spiro atoms. The van der Waals surface area contributed by atoms with Crippen LogP contribution in [0.3, 0.4) is 0 Å². The monoisotopic (exact) mass is 284 g/mol. The van der Waals surface area contributed by atoms with Crippen molar-refractivity contribution in [1.82, 2.24) is 10.6 Å². The Hall–Kier alpha value is -1.26. The van der Waals surface area contributed by atoms with E-state index in [1.165, 1.54) is 0 Å². The van der Waals surface area contributed by atoms with Crippen LogP contribution in [0.1, 0.15) is 52.9 Å². The molecule has 0 aromatic heterocycles. The Morgan fingerprint density at radius 3 is 2.40 bits per heavy atom. The van der Waals surface area contributed by atoms with E-state index >= 15 is 0 Å². The maximum atomic E-state index is 11.9. The number of aliphatic carboxylic acids is 1. The third kappa shape index (κ3) is 5.39. The molecule has 1 aliphatic rings. The predicted molar refractivity (Wildman–Crippen MR) is 78.5 cm³/mol. The number of carboxylic acid groups (broad SMARTS) is 1. The first-order valence-electron chi connectivity index (χ1n) is 7.69. The Morgan fingerprint density at radius 2 is 1.80 bits per heavy atom. The van der Waals surface area contributed by atoms with Crippen molar-refractivity contribution in [2.45, 2.75) is 58.9 Å². The Kier molecular flexibility index (Phi) is 6.82. The number of hydrogen-bond acceptors (Lipinski definition) is 2. The van der Waals surface area contributed by atoms with Crippen molar-refractivity contribution in [2.75, 3.05) is 6.54 Å². The molecule has 3 atom stereocenters. The van der Waals surface area contributed by atoms with Crippen LogP contribution in [0.4, 0.5) is 4.79 Å². The lowest BCUT2D eigenvalue weighted by atomic mass is 9.95. The highest BCUT2D eigenvalue weighted by Crippen LogP contribution is 2.23. The van der Waals surface area contributed by atoms with Crippen LogP contribution in [0.2, 0.25) is 0 Å². The summed E-state index contributed by atoms with van der Waals surface area (Å²) in [5.74, 6) is -0.330. The number of hydrogen-bond donors (Lipinski definition) is 3. The molecule has 116 valence electrons. The van der Waals surface area contributed by atoms with Gasteiger partial charge in [0.2, 0.25) is 0 Å². The summed E-state index contributed by atoms with van der Waals surface area (Å²) < 4.78 is 0. The number of nitrogens with one attached hydrogen (secondary N) is 2. The molecule has 0 saturated heterocycles. The lowest BCUT2D eigenvalue weighted by Crippen LogP contribution is -2.48. The van der Waals surface area contributed by atoms with Gasteiger partial charge in [0.25, 0.3) is 0 Å². The van der Waals surface area contributed by atoms with Crippen LogP contribution in [-0.2, 0) is 4.79 Å². The summed E-state index contributed by atoms with van der Waals surface area (Å²) in [4.78, 5) is 23.2. The summed E-state index contributed by atoms with van der Waals surface area (Å²) in [7, 11) is 0. The summed E-state index contributed by atoms with van der Waals surface area (Å²) in [6.45, 7) is 6.95. The van der Waals surface area contributed by atoms with Gasteiger partial charge in [0, 0.05) is 12.6 Å². The topological polar surface area (TPSA) is 78.4 Å². The van der Waals surface area contributed by atoms with Crippen LogP contribution in [0.15, 0.2) is 0 Å². The van der Waals surface area contributed by atoms with E-state index < -0.39 is 11.9 Å². The maximum Gasteiger partial charge on any atom is 0.315 e. The first-order valence-corrected chi connectivity index (χ1v) is 7.69. The second-order valence-corrected chi connectivity index (χ2v) is 6.26. The predicted octanol–water partition coefficient (Wildman–Crippen LogP) is 2.61. The van der Waals surface area contributed by atoms with E-state index in [0.29, 0.717) is 24.8 Å². The van der Waals surface area contributed by atoms with Crippen molar-refractivity contribution < 1.29 is 14.7 Å². The number of carbonyl (C=O) groups is 2. The van der Waals surface area contributed by atoms with Crippen molar-refractivity contribution >= 4 is 12.0 Å². The highest BCUT2D eigenvalue weighted by Gasteiger charge is 2.30. The summed E-state index contributed by atoms with van der Waals surface area (Å²) in [6.07, 6.45) is 4.37. The summed E-state index contributed by atoms with van der Waals surface area (Å²) in [6, 6.07) is -0.486. The molecule has 2 amide bonds. The Labute approximate surface area is 121 Å². The fourth-order valence-electron chi connectivity index (χ4n) is 2.48. The molecule has 0 aromatic rings.